The van der Waals surface area contributed by atoms with E-state index >= 15 is 0 Å². The van der Waals surface area contributed by atoms with Gasteiger partial charge < -0.3 is 9.73 Å². The first-order valence-electron chi connectivity index (χ1n) is 5.95. The highest BCUT2D eigenvalue weighted by Gasteiger charge is 2.14. The van der Waals surface area contributed by atoms with Crippen LogP contribution in [0.15, 0.2) is 39.4 Å². The molecule has 0 atom stereocenters. The summed E-state index contributed by atoms with van der Waals surface area (Å²) in [4.78, 5) is 0. The molecule has 0 bridgehead atoms. The Balaban J connectivity index is 2.28. The second kappa shape index (κ2) is 6.16. The average Bonchev–Trinajstić information content (AvgIpc) is 2.81. The van der Waals surface area contributed by atoms with Crippen molar-refractivity contribution < 1.29 is 8.81 Å². The molecule has 1 N–H and O–H groups in total. The molecule has 0 aliphatic heterocycles. The summed E-state index contributed by atoms with van der Waals surface area (Å²) in [7, 11) is 0. The smallest absolute Gasteiger partial charge is 0.145 e. The topological polar surface area (TPSA) is 25.2 Å². The maximum atomic E-state index is 14.0. The third-order valence-corrected chi connectivity index (χ3v) is 3.31. The first-order valence-corrected chi connectivity index (χ1v) is 6.74. The first-order chi connectivity index (χ1) is 8.74. The van der Waals surface area contributed by atoms with Crippen LogP contribution in [0.5, 0.6) is 0 Å². The van der Waals surface area contributed by atoms with Gasteiger partial charge in [-0.25, -0.2) is 4.39 Å². The highest BCUT2D eigenvalue weighted by molar-refractivity contribution is 9.10. The van der Waals surface area contributed by atoms with E-state index in [0.717, 1.165) is 24.3 Å². The SMILES string of the molecule is CCCNCc1occc1-c1cccc(Br)c1F. The van der Waals surface area contributed by atoms with Crippen LogP contribution in [0.1, 0.15) is 19.1 Å². The fourth-order valence-electron chi connectivity index (χ4n) is 1.81. The van der Waals surface area contributed by atoms with E-state index in [4.69, 9.17) is 4.42 Å². The van der Waals surface area contributed by atoms with Gasteiger partial charge in [0.05, 0.1) is 17.3 Å². The van der Waals surface area contributed by atoms with Crippen LogP contribution in [-0.2, 0) is 6.54 Å². The molecule has 0 saturated carbocycles. The third-order valence-electron chi connectivity index (χ3n) is 2.70. The van der Waals surface area contributed by atoms with Crippen LogP contribution in [0.3, 0.4) is 0 Å². The summed E-state index contributed by atoms with van der Waals surface area (Å²) in [5.74, 6) is 0.510. The molecule has 96 valence electrons. The molecular formula is C14H15BrFNO. The van der Waals surface area contributed by atoms with E-state index in [1.165, 1.54) is 0 Å². The number of hydrogen-bond donors (Lipinski definition) is 1. The van der Waals surface area contributed by atoms with E-state index in [9.17, 15) is 4.39 Å². The Morgan fingerprint density at radius 1 is 1.28 bits per heavy atom. The van der Waals surface area contributed by atoms with Crippen molar-refractivity contribution in [1.29, 1.82) is 0 Å². The van der Waals surface area contributed by atoms with E-state index in [1.54, 1.807) is 24.5 Å². The molecule has 2 rings (SSSR count). The molecule has 18 heavy (non-hydrogen) atoms. The summed E-state index contributed by atoms with van der Waals surface area (Å²) in [5.41, 5.74) is 1.36. The molecule has 2 aromatic rings. The maximum Gasteiger partial charge on any atom is 0.145 e. The van der Waals surface area contributed by atoms with Crippen molar-refractivity contribution in [1.82, 2.24) is 5.32 Å². The fourth-order valence-corrected chi connectivity index (χ4v) is 2.17. The van der Waals surface area contributed by atoms with Gasteiger partial charge in [0.25, 0.3) is 0 Å². The molecule has 0 saturated heterocycles. The van der Waals surface area contributed by atoms with E-state index < -0.39 is 0 Å². The summed E-state index contributed by atoms with van der Waals surface area (Å²) in [6.45, 7) is 3.63. The van der Waals surface area contributed by atoms with Crippen LogP contribution in [0.4, 0.5) is 4.39 Å². The molecule has 1 heterocycles. The van der Waals surface area contributed by atoms with Crippen molar-refractivity contribution in [2.45, 2.75) is 19.9 Å². The lowest BCUT2D eigenvalue weighted by Crippen LogP contribution is -2.13. The van der Waals surface area contributed by atoms with Crippen LogP contribution in [-0.4, -0.2) is 6.54 Å². The predicted molar refractivity (Wildman–Crippen MR) is 73.8 cm³/mol. The molecule has 4 heteroatoms. The van der Waals surface area contributed by atoms with Gasteiger partial charge in [-0.3, -0.25) is 0 Å². The summed E-state index contributed by atoms with van der Waals surface area (Å²) >= 11 is 3.20. The van der Waals surface area contributed by atoms with Crippen LogP contribution in [0, 0.1) is 5.82 Å². The Kier molecular flexibility index (Phi) is 4.55. The minimum Gasteiger partial charge on any atom is -0.467 e. The molecule has 0 unspecified atom stereocenters. The monoisotopic (exact) mass is 311 g/mol. The summed E-state index contributed by atoms with van der Waals surface area (Å²) in [5, 5.41) is 3.25. The van der Waals surface area contributed by atoms with Crippen LogP contribution in [0.2, 0.25) is 0 Å². The Morgan fingerprint density at radius 2 is 2.11 bits per heavy atom. The van der Waals surface area contributed by atoms with Gasteiger partial charge in [0.15, 0.2) is 0 Å². The lowest BCUT2D eigenvalue weighted by atomic mass is 10.1. The zero-order valence-corrected chi connectivity index (χ0v) is 11.8. The number of furan rings is 1. The van der Waals surface area contributed by atoms with E-state index in [2.05, 4.69) is 28.2 Å². The Hall–Kier alpha value is -1.13. The van der Waals surface area contributed by atoms with E-state index in [1.807, 2.05) is 6.07 Å². The molecule has 1 aromatic heterocycles. The number of halogens is 2. The van der Waals surface area contributed by atoms with Gasteiger partial charge >= 0.3 is 0 Å². The van der Waals surface area contributed by atoms with Crippen molar-refractivity contribution in [3.63, 3.8) is 0 Å². The van der Waals surface area contributed by atoms with Gasteiger partial charge in [-0.05, 0) is 41.0 Å². The maximum absolute atomic E-state index is 14.0. The van der Waals surface area contributed by atoms with Crippen LogP contribution < -0.4 is 5.32 Å². The lowest BCUT2D eigenvalue weighted by Gasteiger charge is -2.06. The fraction of sp³-hybridized carbons (Fsp3) is 0.286. The normalized spacial score (nSPS) is 10.8. The minimum atomic E-state index is -0.254. The van der Waals surface area contributed by atoms with Crippen molar-refractivity contribution >= 4 is 15.9 Å². The number of nitrogens with one attached hydrogen (secondary N) is 1. The second-order valence-electron chi connectivity index (χ2n) is 4.04. The molecular weight excluding hydrogens is 297 g/mol. The number of hydrogen-bond acceptors (Lipinski definition) is 2. The lowest BCUT2D eigenvalue weighted by molar-refractivity contribution is 0.484. The van der Waals surface area contributed by atoms with Gasteiger partial charge in [0.2, 0.25) is 0 Å². The largest absolute Gasteiger partial charge is 0.467 e. The van der Waals surface area contributed by atoms with E-state index in [0.29, 0.717) is 16.6 Å². The highest BCUT2D eigenvalue weighted by atomic mass is 79.9. The molecule has 0 aliphatic rings. The molecule has 0 fully saturated rings. The van der Waals surface area contributed by atoms with Crippen molar-refractivity contribution in [3.05, 3.63) is 46.6 Å². The molecule has 0 spiro atoms. The third kappa shape index (κ3) is 2.82. The summed E-state index contributed by atoms with van der Waals surface area (Å²) in [6, 6.07) is 7.06. The van der Waals surface area contributed by atoms with Crippen molar-refractivity contribution in [2.75, 3.05) is 6.54 Å². The van der Waals surface area contributed by atoms with Crippen molar-refractivity contribution in [3.8, 4) is 11.1 Å². The molecule has 0 aliphatic carbocycles. The summed E-state index contributed by atoms with van der Waals surface area (Å²) in [6.07, 6.45) is 2.65. The van der Waals surface area contributed by atoms with Gasteiger partial charge in [-0.15, -0.1) is 0 Å². The minimum absolute atomic E-state index is 0.254. The Labute approximate surface area is 114 Å². The standard InChI is InChI=1S/C14H15BrFNO/c1-2-7-17-9-13-10(6-8-18-13)11-4-3-5-12(15)14(11)16/h3-6,8,17H,2,7,9H2,1H3. The molecule has 1 aromatic carbocycles. The summed E-state index contributed by atoms with van der Waals surface area (Å²) < 4.78 is 19.9. The average molecular weight is 312 g/mol. The zero-order valence-electron chi connectivity index (χ0n) is 10.2. The molecule has 0 amide bonds. The second-order valence-corrected chi connectivity index (χ2v) is 4.89. The molecule has 2 nitrogen and oxygen atoms in total. The quantitative estimate of drug-likeness (QED) is 0.831. The van der Waals surface area contributed by atoms with E-state index in [-0.39, 0.29) is 5.82 Å². The number of benzene rings is 1. The van der Waals surface area contributed by atoms with Gasteiger partial charge in [-0.2, -0.15) is 0 Å². The first kappa shape index (κ1) is 13.3. The number of rotatable bonds is 5. The van der Waals surface area contributed by atoms with Gasteiger partial charge in [0, 0.05) is 11.1 Å². The van der Waals surface area contributed by atoms with Gasteiger partial charge in [-0.1, -0.05) is 19.1 Å². The van der Waals surface area contributed by atoms with Crippen molar-refractivity contribution in [2.24, 2.45) is 0 Å². The molecule has 0 radical (unpaired) electrons. The van der Waals surface area contributed by atoms with Crippen LogP contribution in [0.25, 0.3) is 11.1 Å². The van der Waals surface area contributed by atoms with Gasteiger partial charge in [0.1, 0.15) is 11.6 Å². The highest BCUT2D eigenvalue weighted by Crippen LogP contribution is 2.30. The van der Waals surface area contributed by atoms with Crippen LogP contribution >= 0.6 is 15.9 Å². The predicted octanol–water partition coefficient (Wildman–Crippen LogP) is 4.35. The Bertz CT molecular complexity index is 524. The zero-order chi connectivity index (χ0) is 13.0. The Morgan fingerprint density at radius 3 is 2.89 bits per heavy atom.